The third kappa shape index (κ3) is 2.95. The van der Waals surface area contributed by atoms with E-state index in [2.05, 4.69) is 47.1 Å². The number of hydrogen-bond acceptors (Lipinski definition) is 3. The van der Waals surface area contributed by atoms with Crippen molar-refractivity contribution < 1.29 is 4.74 Å². The minimum atomic E-state index is 0.261. The summed E-state index contributed by atoms with van der Waals surface area (Å²) in [5.74, 6) is 0. The first-order valence-corrected chi connectivity index (χ1v) is 8.12. The van der Waals surface area contributed by atoms with Gasteiger partial charge in [0.1, 0.15) is 0 Å². The molecule has 0 amide bonds. The Hall–Kier alpha value is -1.16. The van der Waals surface area contributed by atoms with Crippen LogP contribution in [0.25, 0.3) is 0 Å². The van der Waals surface area contributed by atoms with E-state index in [0.717, 1.165) is 0 Å². The Morgan fingerprint density at radius 1 is 1.30 bits per heavy atom. The average molecular weight is 287 g/mol. The second kappa shape index (κ2) is 6.53. The highest BCUT2D eigenvalue weighted by molar-refractivity contribution is 7.10. The Balaban J connectivity index is 1.78. The number of nitrogens with one attached hydrogen (secondary N) is 1. The molecule has 0 saturated heterocycles. The lowest BCUT2D eigenvalue weighted by Gasteiger charge is -2.29. The van der Waals surface area contributed by atoms with Gasteiger partial charge >= 0.3 is 0 Å². The minimum absolute atomic E-state index is 0.261. The summed E-state index contributed by atoms with van der Waals surface area (Å²) in [6, 6.07) is 13.6. The van der Waals surface area contributed by atoms with Crippen molar-refractivity contribution in [2.75, 3.05) is 13.7 Å². The van der Waals surface area contributed by atoms with E-state index in [1.54, 1.807) is 12.0 Å². The van der Waals surface area contributed by atoms with Crippen LogP contribution in [-0.4, -0.2) is 13.7 Å². The monoisotopic (exact) mass is 287 g/mol. The molecule has 20 heavy (non-hydrogen) atoms. The van der Waals surface area contributed by atoms with Gasteiger partial charge in [-0.1, -0.05) is 30.3 Å². The lowest BCUT2D eigenvalue weighted by Crippen LogP contribution is -2.31. The van der Waals surface area contributed by atoms with Gasteiger partial charge in [-0.25, -0.2) is 0 Å². The van der Waals surface area contributed by atoms with Crippen LogP contribution in [0.4, 0.5) is 0 Å². The maximum Gasteiger partial charge on any atom is 0.0657 e. The SMILES string of the molecule is COCC(NC1CCCc2sccc21)c1ccccc1. The molecule has 2 aromatic rings. The molecule has 106 valence electrons. The van der Waals surface area contributed by atoms with Crippen LogP contribution in [0, 0.1) is 0 Å². The number of benzene rings is 1. The van der Waals surface area contributed by atoms with Crippen molar-refractivity contribution in [2.45, 2.75) is 31.3 Å². The molecule has 0 bridgehead atoms. The van der Waals surface area contributed by atoms with Gasteiger partial charge < -0.3 is 10.1 Å². The van der Waals surface area contributed by atoms with Gasteiger partial charge in [-0.2, -0.15) is 0 Å². The largest absolute Gasteiger partial charge is 0.383 e. The molecule has 1 aliphatic rings. The summed E-state index contributed by atoms with van der Waals surface area (Å²) in [5.41, 5.74) is 2.80. The topological polar surface area (TPSA) is 21.3 Å². The molecular weight excluding hydrogens is 266 g/mol. The Kier molecular flexibility index (Phi) is 4.51. The fourth-order valence-electron chi connectivity index (χ4n) is 2.99. The molecule has 1 aliphatic carbocycles. The molecule has 0 aliphatic heterocycles. The quantitative estimate of drug-likeness (QED) is 0.894. The lowest BCUT2D eigenvalue weighted by molar-refractivity contribution is 0.159. The maximum atomic E-state index is 5.41. The van der Waals surface area contributed by atoms with Crippen molar-refractivity contribution in [3.63, 3.8) is 0 Å². The van der Waals surface area contributed by atoms with Crippen LogP contribution in [0.5, 0.6) is 0 Å². The summed E-state index contributed by atoms with van der Waals surface area (Å²) in [7, 11) is 1.77. The van der Waals surface area contributed by atoms with E-state index in [1.165, 1.54) is 30.4 Å². The van der Waals surface area contributed by atoms with Gasteiger partial charge in [-0.05, 0) is 41.8 Å². The predicted octanol–water partition coefficient (Wildman–Crippen LogP) is 4.10. The fourth-order valence-corrected chi connectivity index (χ4v) is 3.98. The molecule has 0 saturated carbocycles. The summed E-state index contributed by atoms with van der Waals surface area (Å²) in [6.07, 6.45) is 3.74. The van der Waals surface area contributed by atoms with Crippen molar-refractivity contribution in [1.82, 2.24) is 5.32 Å². The zero-order chi connectivity index (χ0) is 13.8. The minimum Gasteiger partial charge on any atom is -0.383 e. The summed E-state index contributed by atoms with van der Waals surface area (Å²) in [6.45, 7) is 0.708. The van der Waals surface area contributed by atoms with Crippen molar-refractivity contribution >= 4 is 11.3 Å². The molecule has 3 heteroatoms. The van der Waals surface area contributed by atoms with E-state index in [9.17, 15) is 0 Å². The van der Waals surface area contributed by atoms with Gasteiger partial charge in [0.15, 0.2) is 0 Å². The third-order valence-corrected chi connectivity index (χ3v) is 4.99. The summed E-state index contributed by atoms with van der Waals surface area (Å²) in [5, 5.41) is 6.02. The molecule has 1 aromatic carbocycles. The van der Waals surface area contributed by atoms with Crippen LogP contribution in [0.3, 0.4) is 0 Å². The average Bonchev–Trinajstić information content (AvgIpc) is 2.97. The van der Waals surface area contributed by atoms with E-state index >= 15 is 0 Å². The zero-order valence-electron chi connectivity index (χ0n) is 11.8. The number of rotatable bonds is 5. The van der Waals surface area contributed by atoms with Crippen LogP contribution < -0.4 is 5.32 Å². The van der Waals surface area contributed by atoms with E-state index in [-0.39, 0.29) is 6.04 Å². The molecule has 1 N–H and O–H groups in total. The van der Waals surface area contributed by atoms with E-state index < -0.39 is 0 Å². The fraction of sp³-hybridized carbons (Fsp3) is 0.412. The first-order valence-electron chi connectivity index (χ1n) is 7.24. The van der Waals surface area contributed by atoms with E-state index in [4.69, 9.17) is 4.74 Å². The second-order valence-corrected chi connectivity index (χ2v) is 6.33. The molecule has 2 nitrogen and oxygen atoms in total. The molecule has 2 atom stereocenters. The van der Waals surface area contributed by atoms with E-state index in [0.29, 0.717) is 12.6 Å². The van der Waals surface area contributed by atoms with Gasteiger partial charge in [0.25, 0.3) is 0 Å². The van der Waals surface area contributed by atoms with Crippen molar-refractivity contribution in [1.29, 1.82) is 0 Å². The Labute approximate surface area is 124 Å². The van der Waals surface area contributed by atoms with Crippen LogP contribution >= 0.6 is 11.3 Å². The van der Waals surface area contributed by atoms with Crippen LogP contribution in [-0.2, 0) is 11.2 Å². The van der Waals surface area contributed by atoms with Gasteiger partial charge in [0, 0.05) is 18.0 Å². The normalized spacial score (nSPS) is 19.6. The van der Waals surface area contributed by atoms with Crippen LogP contribution in [0.2, 0.25) is 0 Å². The number of hydrogen-bond donors (Lipinski definition) is 1. The molecule has 0 fully saturated rings. The molecule has 1 heterocycles. The van der Waals surface area contributed by atoms with Crippen LogP contribution in [0.1, 0.15) is 40.9 Å². The summed E-state index contributed by atoms with van der Waals surface area (Å²) >= 11 is 1.89. The van der Waals surface area contributed by atoms with E-state index in [1.807, 2.05) is 11.3 Å². The Morgan fingerprint density at radius 2 is 2.15 bits per heavy atom. The number of fused-ring (bicyclic) bond motifs is 1. The van der Waals surface area contributed by atoms with Crippen molar-refractivity contribution in [3.05, 3.63) is 57.8 Å². The Bertz CT molecular complexity index is 537. The number of methoxy groups -OCH3 is 1. The summed E-state index contributed by atoms with van der Waals surface area (Å²) < 4.78 is 5.41. The van der Waals surface area contributed by atoms with Gasteiger partial charge in [-0.3, -0.25) is 0 Å². The van der Waals surface area contributed by atoms with Crippen molar-refractivity contribution in [2.24, 2.45) is 0 Å². The molecule has 2 unspecified atom stereocenters. The molecule has 0 radical (unpaired) electrons. The highest BCUT2D eigenvalue weighted by Gasteiger charge is 2.24. The first-order chi connectivity index (χ1) is 9.88. The maximum absolute atomic E-state index is 5.41. The number of aryl methyl sites for hydroxylation is 1. The summed E-state index contributed by atoms with van der Waals surface area (Å²) in [4.78, 5) is 1.55. The standard InChI is InChI=1S/C17H21NOS/c1-19-12-16(13-6-3-2-4-7-13)18-15-8-5-9-17-14(15)10-11-20-17/h2-4,6-7,10-11,15-16,18H,5,8-9,12H2,1H3. The lowest BCUT2D eigenvalue weighted by atomic mass is 9.92. The zero-order valence-corrected chi connectivity index (χ0v) is 12.7. The van der Waals surface area contributed by atoms with Gasteiger partial charge in [-0.15, -0.1) is 11.3 Å². The predicted molar refractivity (Wildman–Crippen MR) is 84.2 cm³/mol. The molecule has 3 rings (SSSR count). The molecule has 1 aromatic heterocycles. The smallest absolute Gasteiger partial charge is 0.0657 e. The highest BCUT2D eigenvalue weighted by atomic mass is 32.1. The first kappa shape index (κ1) is 13.8. The van der Waals surface area contributed by atoms with Gasteiger partial charge in [0.2, 0.25) is 0 Å². The number of thiophene rings is 1. The Morgan fingerprint density at radius 3 is 2.95 bits per heavy atom. The molecule has 0 spiro atoms. The second-order valence-electron chi connectivity index (χ2n) is 5.33. The molecular formula is C17H21NOS. The van der Waals surface area contributed by atoms with Gasteiger partial charge in [0.05, 0.1) is 12.6 Å². The van der Waals surface area contributed by atoms with Crippen molar-refractivity contribution in [3.8, 4) is 0 Å². The highest BCUT2D eigenvalue weighted by Crippen LogP contribution is 2.34. The third-order valence-electron chi connectivity index (χ3n) is 3.99. The van der Waals surface area contributed by atoms with Crippen LogP contribution in [0.15, 0.2) is 41.8 Å². The number of ether oxygens (including phenoxy) is 1.